The van der Waals surface area contributed by atoms with Crippen molar-refractivity contribution in [2.75, 3.05) is 5.32 Å². The lowest BCUT2D eigenvalue weighted by molar-refractivity contribution is -0.122. The van der Waals surface area contributed by atoms with Gasteiger partial charge in [0.1, 0.15) is 6.04 Å². The van der Waals surface area contributed by atoms with E-state index in [0.717, 1.165) is 0 Å². The van der Waals surface area contributed by atoms with Crippen LogP contribution in [-0.4, -0.2) is 23.0 Å². The maximum atomic E-state index is 11.6. The molecule has 1 heterocycles. The monoisotopic (exact) mass is 241 g/mol. The summed E-state index contributed by atoms with van der Waals surface area (Å²) in [6.07, 6.45) is 3.16. The predicted octanol–water partition coefficient (Wildman–Crippen LogP) is 2.06. The van der Waals surface area contributed by atoms with Crippen molar-refractivity contribution in [2.24, 2.45) is 0 Å². The molecule has 16 heavy (non-hydrogen) atoms. The fraction of sp³-hybridized carbons (Fsp3) is 0.455. The van der Waals surface area contributed by atoms with Gasteiger partial charge in [0.05, 0.1) is 10.7 Å². The Morgan fingerprint density at radius 3 is 2.69 bits per heavy atom. The average Bonchev–Trinajstić information content (AvgIpc) is 2.20. The van der Waals surface area contributed by atoms with E-state index in [4.69, 9.17) is 11.6 Å². The molecule has 0 saturated heterocycles. The minimum atomic E-state index is -0.331. The first-order chi connectivity index (χ1) is 7.50. The maximum Gasteiger partial charge on any atom is 0.242 e. The molecule has 0 aliphatic heterocycles. The number of carbonyl (C=O) groups excluding carboxylic acids is 1. The average molecular weight is 242 g/mol. The highest BCUT2D eigenvalue weighted by atomic mass is 35.5. The quantitative estimate of drug-likeness (QED) is 0.849. The van der Waals surface area contributed by atoms with Crippen LogP contribution >= 0.6 is 11.6 Å². The summed E-state index contributed by atoms with van der Waals surface area (Å²) in [4.78, 5) is 15.5. The van der Waals surface area contributed by atoms with E-state index in [2.05, 4.69) is 15.6 Å². The number of aromatic nitrogens is 1. The third-order valence-corrected chi connectivity index (χ3v) is 2.27. The van der Waals surface area contributed by atoms with E-state index >= 15 is 0 Å². The number of halogens is 1. The summed E-state index contributed by atoms with van der Waals surface area (Å²) in [5, 5.41) is 6.36. The van der Waals surface area contributed by atoms with Gasteiger partial charge in [-0.2, -0.15) is 0 Å². The first-order valence-corrected chi connectivity index (χ1v) is 5.55. The molecule has 2 N–H and O–H groups in total. The topological polar surface area (TPSA) is 54.0 Å². The Bertz CT molecular complexity index is 368. The van der Waals surface area contributed by atoms with Gasteiger partial charge in [0.2, 0.25) is 5.91 Å². The number of amides is 1. The van der Waals surface area contributed by atoms with Gasteiger partial charge in [-0.25, -0.2) is 0 Å². The van der Waals surface area contributed by atoms with Crippen molar-refractivity contribution < 1.29 is 4.79 Å². The Kier molecular flexibility index (Phi) is 4.55. The summed E-state index contributed by atoms with van der Waals surface area (Å²) in [6.45, 7) is 5.63. The second-order valence-corrected chi connectivity index (χ2v) is 4.29. The summed E-state index contributed by atoms with van der Waals surface area (Å²) in [7, 11) is 0. The normalized spacial score (nSPS) is 12.3. The zero-order valence-corrected chi connectivity index (χ0v) is 10.4. The van der Waals surface area contributed by atoms with Crippen molar-refractivity contribution in [3.8, 4) is 0 Å². The third-order valence-electron chi connectivity index (χ3n) is 1.97. The van der Waals surface area contributed by atoms with Gasteiger partial charge >= 0.3 is 0 Å². The van der Waals surface area contributed by atoms with Crippen molar-refractivity contribution in [2.45, 2.75) is 32.9 Å². The minimum Gasteiger partial charge on any atom is -0.373 e. The largest absolute Gasteiger partial charge is 0.373 e. The number of rotatable bonds is 4. The van der Waals surface area contributed by atoms with Crippen molar-refractivity contribution in [1.29, 1.82) is 0 Å². The molecule has 88 valence electrons. The van der Waals surface area contributed by atoms with Crippen LogP contribution in [0.4, 0.5) is 5.69 Å². The zero-order chi connectivity index (χ0) is 12.1. The molecule has 0 bridgehead atoms. The van der Waals surface area contributed by atoms with Crippen LogP contribution in [-0.2, 0) is 4.79 Å². The fourth-order valence-electron chi connectivity index (χ4n) is 1.20. The van der Waals surface area contributed by atoms with E-state index in [1.807, 2.05) is 13.8 Å². The van der Waals surface area contributed by atoms with Crippen LogP contribution < -0.4 is 10.6 Å². The van der Waals surface area contributed by atoms with Gasteiger partial charge in [-0.3, -0.25) is 9.78 Å². The number of nitrogens with one attached hydrogen (secondary N) is 2. The van der Waals surface area contributed by atoms with E-state index in [-0.39, 0.29) is 18.0 Å². The summed E-state index contributed by atoms with van der Waals surface area (Å²) in [5.41, 5.74) is 0.711. The molecule has 1 unspecified atom stereocenters. The molecule has 0 saturated carbocycles. The number of nitrogens with zero attached hydrogens (tertiary/aromatic N) is 1. The number of anilines is 1. The summed E-state index contributed by atoms with van der Waals surface area (Å²) in [5.74, 6) is -0.0529. The molecule has 0 radical (unpaired) electrons. The maximum absolute atomic E-state index is 11.6. The molecule has 0 aromatic carbocycles. The van der Waals surface area contributed by atoms with E-state index < -0.39 is 0 Å². The van der Waals surface area contributed by atoms with Crippen molar-refractivity contribution >= 4 is 23.2 Å². The van der Waals surface area contributed by atoms with Crippen LogP contribution in [0.25, 0.3) is 0 Å². The lowest BCUT2D eigenvalue weighted by Crippen LogP contribution is -2.41. The number of pyridine rings is 1. The Hall–Kier alpha value is -1.29. The first kappa shape index (κ1) is 12.8. The summed E-state index contributed by atoms with van der Waals surface area (Å²) < 4.78 is 0. The second-order valence-electron chi connectivity index (χ2n) is 3.88. The number of hydrogen-bond donors (Lipinski definition) is 2. The zero-order valence-electron chi connectivity index (χ0n) is 9.62. The highest BCUT2D eigenvalue weighted by molar-refractivity contribution is 6.33. The molecule has 0 aliphatic rings. The summed E-state index contributed by atoms with van der Waals surface area (Å²) >= 11 is 5.92. The molecule has 0 spiro atoms. The van der Waals surface area contributed by atoms with Crippen LogP contribution in [0.15, 0.2) is 18.5 Å². The predicted molar refractivity (Wildman–Crippen MR) is 65.6 cm³/mol. The Balaban J connectivity index is 2.61. The van der Waals surface area contributed by atoms with Gasteiger partial charge in [0.25, 0.3) is 0 Å². The Labute approximate surface area is 100 Å². The van der Waals surface area contributed by atoms with Crippen molar-refractivity contribution in [3.05, 3.63) is 23.5 Å². The standard InChI is InChI=1S/C11H16ClN3O/c1-7(2)14-11(16)8(3)15-10-4-5-13-6-9(10)12/h4-8H,1-3H3,(H,13,15)(H,14,16). The van der Waals surface area contributed by atoms with Crippen LogP contribution in [0, 0.1) is 0 Å². The molecule has 1 aromatic rings. The molecule has 1 rings (SSSR count). The van der Waals surface area contributed by atoms with Crippen LogP contribution in [0.2, 0.25) is 5.02 Å². The Morgan fingerprint density at radius 2 is 2.12 bits per heavy atom. The lowest BCUT2D eigenvalue weighted by atomic mass is 10.2. The molecule has 1 amide bonds. The number of carbonyl (C=O) groups is 1. The van der Waals surface area contributed by atoms with E-state index in [1.165, 1.54) is 6.20 Å². The van der Waals surface area contributed by atoms with Crippen molar-refractivity contribution in [1.82, 2.24) is 10.3 Å². The molecular weight excluding hydrogens is 226 g/mol. The highest BCUT2D eigenvalue weighted by Crippen LogP contribution is 2.19. The molecule has 0 fully saturated rings. The molecule has 0 aliphatic carbocycles. The second kappa shape index (κ2) is 5.70. The molecule has 1 aromatic heterocycles. The number of hydrogen-bond acceptors (Lipinski definition) is 3. The van der Waals surface area contributed by atoms with Crippen molar-refractivity contribution in [3.63, 3.8) is 0 Å². The van der Waals surface area contributed by atoms with Gasteiger partial charge in [-0.1, -0.05) is 11.6 Å². The third kappa shape index (κ3) is 3.70. The minimum absolute atomic E-state index is 0.0529. The van der Waals surface area contributed by atoms with Gasteiger partial charge in [-0.15, -0.1) is 0 Å². The van der Waals surface area contributed by atoms with Gasteiger partial charge in [0.15, 0.2) is 0 Å². The molecule has 5 heteroatoms. The molecular formula is C11H16ClN3O. The SMILES string of the molecule is CC(C)NC(=O)C(C)Nc1ccncc1Cl. The molecule has 1 atom stereocenters. The fourth-order valence-corrected chi connectivity index (χ4v) is 1.37. The van der Waals surface area contributed by atoms with E-state index in [9.17, 15) is 4.79 Å². The lowest BCUT2D eigenvalue weighted by Gasteiger charge is -2.17. The van der Waals surface area contributed by atoms with E-state index in [0.29, 0.717) is 10.7 Å². The Morgan fingerprint density at radius 1 is 1.44 bits per heavy atom. The smallest absolute Gasteiger partial charge is 0.242 e. The van der Waals surface area contributed by atoms with Crippen LogP contribution in [0.3, 0.4) is 0 Å². The van der Waals surface area contributed by atoms with Gasteiger partial charge < -0.3 is 10.6 Å². The van der Waals surface area contributed by atoms with Crippen LogP contribution in [0.1, 0.15) is 20.8 Å². The van der Waals surface area contributed by atoms with Gasteiger partial charge in [0, 0.05) is 18.4 Å². The summed E-state index contributed by atoms with van der Waals surface area (Å²) in [6, 6.07) is 1.54. The van der Waals surface area contributed by atoms with Gasteiger partial charge in [-0.05, 0) is 26.8 Å². The van der Waals surface area contributed by atoms with Crippen LogP contribution in [0.5, 0.6) is 0 Å². The molecule has 4 nitrogen and oxygen atoms in total. The highest BCUT2D eigenvalue weighted by Gasteiger charge is 2.14. The first-order valence-electron chi connectivity index (χ1n) is 5.17. The van der Waals surface area contributed by atoms with E-state index in [1.54, 1.807) is 19.2 Å².